The van der Waals surface area contributed by atoms with Gasteiger partial charge in [-0.2, -0.15) is 0 Å². The fourth-order valence-corrected chi connectivity index (χ4v) is 3.09. The standard InChI is InChI=1S/C14H18BrNO2/c15-10-12-6-3-4-8-16(12)14(18)9-11-5-1-2-7-13(11)17/h1-2,5,7,12,17H,3-4,6,8-10H2. The third-order valence-corrected chi connectivity index (χ3v) is 4.21. The number of carbonyl (C=O) groups excluding carboxylic acids is 1. The molecule has 0 radical (unpaired) electrons. The van der Waals surface area contributed by atoms with Gasteiger partial charge in [-0.15, -0.1) is 0 Å². The van der Waals surface area contributed by atoms with E-state index < -0.39 is 0 Å². The zero-order chi connectivity index (χ0) is 13.0. The van der Waals surface area contributed by atoms with Crippen LogP contribution >= 0.6 is 15.9 Å². The van der Waals surface area contributed by atoms with Gasteiger partial charge in [-0.1, -0.05) is 34.1 Å². The lowest BCUT2D eigenvalue weighted by Crippen LogP contribution is -2.45. The fourth-order valence-electron chi connectivity index (χ4n) is 2.41. The average molecular weight is 312 g/mol. The molecule has 1 amide bonds. The van der Waals surface area contributed by atoms with Crippen LogP contribution in [0.5, 0.6) is 5.75 Å². The molecule has 0 bridgehead atoms. The van der Waals surface area contributed by atoms with E-state index in [4.69, 9.17) is 0 Å². The first-order chi connectivity index (χ1) is 8.72. The number of hydrogen-bond donors (Lipinski definition) is 1. The summed E-state index contributed by atoms with van der Waals surface area (Å²) in [6.07, 6.45) is 3.63. The van der Waals surface area contributed by atoms with E-state index in [0.29, 0.717) is 11.6 Å². The second kappa shape index (κ2) is 6.23. The van der Waals surface area contributed by atoms with Gasteiger partial charge in [-0.25, -0.2) is 0 Å². The Labute approximate surface area is 116 Å². The van der Waals surface area contributed by atoms with Crippen LogP contribution < -0.4 is 0 Å². The number of likely N-dealkylation sites (tertiary alicyclic amines) is 1. The van der Waals surface area contributed by atoms with E-state index in [1.807, 2.05) is 11.0 Å². The lowest BCUT2D eigenvalue weighted by molar-refractivity contribution is -0.133. The predicted molar refractivity (Wildman–Crippen MR) is 75.0 cm³/mol. The van der Waals surface area contributed by atoms with Gasteiger partial charge >= 0.3 is 0 Å². The van der Waals surface area contributed by atoms with Crippen molar-refractivity contribution in [3.8, 4) is 5.75 Å². The van der Waals surface area contributed by atoms with E-state index in [-0.39, 0.29) is 18.1 Å². The minimum atomic E-state index is 0.112. The first-order valence-electron chi connectivity index (χ1n) is 6.34. The molecule has 3 nitrogen and oxygen atoms in total. The Morgan fingerprint density at radius 3 is 2.89 bits per heavy atom. The Hall–Kier alpha value is -1.03. The number of alkyl halides is 1. The zero-order valence-corrected chi connectivity index (χ0v) is 11.9. The molecule has 98 valence electrons. The van der Waals surface area contributed by atoms with Crippen molar-refractivity contribution in [2.45, 2.75) is 31.7 Å². The topological polar surface area (TPSA) is 40.5 Å². The highest BCUT2D eigenvalue weighted by Crippen LogP contribution is 2.22. The van der Waals surface area contributed by atoms with Crippen molar-refractivity contribution < 1.29 is 9.90 Å². The third kappa shape index (κ3) is 3.05. The molecular formula is C14H18BrNO2. The van der Waals surface area contributed by atoms with Crippen molar-refractivity contribution in [2.75, 3.05) is 11.9 Å². The van der Waals surface area contributed by atoms with Crippen LogP contribution in [0.25, 0.3) is 0 Å². The van der Waals surface area contributed by atoms with Gasteiger partial charge in [-0.3, -0.25) is 4.79 Å². The number of amides is 1. The molecule has 0 aromatic heterocycles. The van der Waals surface area contributed by atoms with Gasteiger partial charge in [0.2, 0.25) is 5.91 Å². The van der Waals surface area contributed by atoms with Gasteiger partial charge in [-0.05, 0) is 25.3 Å². The SMILES string of the molecule is O=C(Cc1ccccc1O)N1CCCCC1CBr. The summed E-state index contributed by atoms with van der Waals surface area (Å²) in [4.78, 5) is 14.2. The molecule has 1 atom stereocenters. The maximum atomic E-state index is 12.3. The minimum Gasteiger partial charge on any atom is -0.508 e. The highest BCUT2D eigenvalue weighted by Gasteiger charge is 2.25. The van der Waals surface area contributed by atoms with Crippen LogP contribution in [0.3, 0.4) is 0 Å². The van der Waals surface area contributed by atoms with Crippen LogP contribution in [0, 0.1) is 0 Å². The van der Waals surface area contributed by atoms with Crippen LogP contribution in [0.1, 0.15) is 24.8 Å². The number of phenols is 1. The second-order valence-electron chi connectivity index (χ2n) is 4.70. The molecule has 1 heterocycles. The molecule has 1 aromatic carbocycles. The highest BCUT2D eigenvalue weighted by molar-refractivity contribution is 9.09. The Morgan fingerprint density at radius 1 is 1.39 bits per heavy atom. The summed E-state index contributed by atoms with van der Waals surface area (Å²) in [6.45, 7) is 0.836. The van der Waals surface area contributed by atoms with E-state index in [1.54, 1.807) is 18.2 Å². The van der Waals surface area contributed by atoms with Gasteiger partial charge in [0.05, 0.1) is 6.42 Å². The van der Waals surface area contributed by atoms with E-state index in [9.17, 15) is 9.90 Å². The maximum absolute atomic E-state index is 12.3. The van der Waals surface area contributed by atoms with Crippen molar-refractivity contribution in [3.05, 3.63) is 29.8 Å². The van der Waals surface area contributed by atoms with Gasteiger partial charge in [0.15, 0.2) is 0 Å². The number of benzene rings is 1. The summed E-state index contributed by atoms with van der Waals surface area (Å²) < 4.78 is 0. The molecule has 1 aromatic rings. The van der Waals surface area contributed by atoms with Crippen molar-refractivity contribution in [2.24, 2.45) is 0 Å². The average Bonchev–Trinajstić information content (AvgIpc) is 2.41. The Morgan fingerprint density at radius 2 is 2.17 bits per heavy atom. The first-order valence-corrected chi connectivity index (χ1v) is 7.47. The molecular weight excluding hydrogens is 294 g/mol. The van der Waals surface area contributed by atoms with E-state index in [1.165, 1.54) is 6.42 Å². The van der Waals surface area contributed by atoms with Gasteiger partial charge in [0.25, 0.3) is 0 Å². The molecule has 1 unspecified atom stereocenters. The summed E-state index contributed by atoms with van der Waals surface area (Å²) in [5.74, 6) is 0.318. The Kier molecular flexibility index (Phi) is 4.64. The summed E-state index contributed by atoms with van der Waals surface area (Å²) in [7, 11) is 0. The molecule has 1 aliphatic heterocycles. The third-order valence-electron chi connectivity index (χ3n) is 3.46. The van der Waals surface area contributed by atoms with Crippen LogP contribution in [-0.2, 0) is 11.2 Å². The number of halogens is 1. The molecule has 0 aliphatic carbocycles. The number of rotatable bonds is 3. The van der Waals surface area contributed by atoms with Crippen LogP contribution in [0.2, 0.25) is 0 Å². The lowest BCUT2D eigenvalue weighted by atomic mass is 10.0. The van der Waals surface area contributed by atoms with Crippen molar-refractivity contribution in [1.82, 2.24) is 4.90 Å². The van der Waals surface area contributed by atoms with Crippen molar-refractivity contribution >= 4 is 21.8 Å². The lowest BCUT2D eigenvalue weighted by Gasteiger charge is -2.35. The second-order valence-corrected chi connectivity index (χ2v) is 5.34. The number of nitrogens with zero attached hydrogens (tertiary/aromatic N) is 1. The quantitative estimate of drug-likeness (QED) is 0.872. The number of para-hydroxylation sites is 1. The number of hydrogen-bond acceptors (Lipinski definition) is 2. The maximum Gasteiger partial charge on any atom is 0.227 e. The van der Waals surface area contributed by atoms with Crippen LogP contribution in [0.4, 0.5) is 0 Å². The molecule has 0 spiro atoms. The smallest absolute Gasteiger partial charge is 0.227 e. The van der Waals surface area contributed by atoms with Crippen molar-refractivity contribution in [3.63, 3.8) is 0 Å². The molecule has 1 N–H and O–H groups in total. The summed E-state index contributed by atoms with van der Waals surface area (Å²) in [5, 5.41) is 10.5. The Balaban J connectivity index is 2.05. The summed E-state index contributed by atoms with van der Waals surface area (Å²) in [6, 6.07) is 7.35. The van der Waals surface area contributed by atoms with Crippen LogP contribution in [0.15, 0.2) is 24.3 Å². The molecule has 18 heavy (non-hydrogen) atoms. The van der Waals surface area contributed by atoms with Crippen LogP contribution in [-0.4, -0.2) is 33.8 Å². The molecule has 1 fully saturated rings. The number of aromatic hydroxyl groups is 1. The zero-order valence-electron chi connectivity index (χ0n) is 10.3. The Bertz CT molecular complexity index is 422. The molecule has 4 heteroatoms. The number of phenolic OH excluding ortho intramolecular Hbond substituents is 1. The van der Waals surface area contributed by atoms with E-state index in [0.717, 1.165) is 24.7 Å². The first kappa shape index (κ1) is 13.4. The molecule has 1 saturated heterocycles. The highest BCUT2D eigenvalue weighted by atomic mass is 79.9. The largest absolute Gasteiger partial charge is 0.508 e. The van der Waals surface area contributed by atoms with E-state index in [2.05, 4.69) is 15.9 Å². The molecule has 1 aliphatic rings. The normalized spacial score (nSPS) is 19.8. The minimum absolute atomic E-state index is 0.112. The predicted octanol–water partition coefficient (Wildman–Crippen LogP) is 2.71. The van der Waals surface area contributed by atoms with Gasteiger partial charge in [0, 0.05) is 23.5 Å². The number of carbonyl (C=O) groups is 1. The number of piperidine rings is 1. The molecule has 0 saturated carbocycles. The van der Waals surface area contributed by atoms with Gasteiger partial charge < -0.3 is 10.0 Å². The molecule has 2 rings (SSSR count). The summed E-state index contributed by atoms with van der Waals surface area (Å²) in [5.41, 5.74) is 0.710. The summed E-state index contributed by atoms with van der Waals surface area (Å²) >= 11 is 3.48. The monoisotopic (exact) mass is 311 g/mol. The van der Waals surface area contributed by atoms with E-state index >= 15 is 0 Å². The van der Waals surface area contributed by atoms with Crippen molar-refractivity contribution in [1.29, 1.82) is 0 Å². The van der Waals surface area contributed by atoms with Gasteiger partial charge in [0.1, 0.15) is 5.75 Å². The fraction of sp³-hybridized carbons (Fsp3) is 0.500.